The number of carbonyl (C=O) groups is 1. The van der Waals surface area contributed by atoms with Crippen molar-refractivity contribution in [3.8, 4) is 0 Å². The van der Waals surface area contributed by atoms with Crippen LogP contribution in [-0.2, 0) is 17.6 Å². The molecule has 0 radical (unpaired) electrons. The second-order valence-electron chi connectivity index (χ2n) is 4.99. The molecule has 1 unspecified atom stereocenters. The Kier molecular flexibility index (Phi) is 7.19. The largest absolute Gasteiger partial charge is 0.352 e. The van der Waals surface area contributed by atoms with Crippen LogP contribution >= 0.6 is 0 Å². The Balaban J connectivity index is 2.44. The topological polar surface area (TPSA) is 55.1 Å². The lowest BCUT2D eigenvalue weighted by Crippen LogP contribution is -2.40. The van der Waals surface area contributed by atoms with Gasteiger partial charge in [-0.05, 0) is 24.0 Å². The number of unbranched alkanes of at least 4 members (excludes halogenated alkanes) is 1. The van der Waals surface area contributed by atoms with E-state index < -0.39 is 0 Å². The molecule has 0 aliphatic rings. The van der Waals surface area contributed by atoms with Gasteiger partial charge in [-0.2, -0.15) is 0 Å². The molecule has 0 aliphatic heterocycles. The number of hydrogen-bond acceptors (Lipinski definition) is 2. The van der Waals surface area contributed by atoms with Gasteiger partial charge in [-0.3, -0.25) is 4.79 Å². The van der Waals surface area contributed by atoms with E-state index in [1.54, 1.807) is 0 Å². The normalized spacial score (nSPS) is 12.2. The summed E-state index contributed by atoms with van der Waals surface area (Å²) in [6.07, 6.45) is 4.66. The van der Waals surface area contributed by atoms with Crippen molar-refractivity contribution in [2.45, 2.75) is 52.0 Å². The standard InChI is InChI=1S/C16H26N2O/c1-3-5-6-15(12-17)18-16(19)11-14-9-7-13(4-2)8-10-14/h7-10,15H,3-6,11-12,17H2,1-2H3,(H,18,19). The Labute approximate surface area is 116 Å². The van der Waals surface area contributed by atoms with Gasteiger partial charge >= 0.3 is 0 Å². The molecule has 0 aliphatic carbocycles. The van der Waals surface area contributed by atoms with Crippen molar-refractivity contribution >= 4 is 5.91 Å². The molecule has 1 rings (SSSR count). The molecule has 0 fully saturated rings. The van der Waals surface area contributed by atoms with Gasteiger partial charge in [0.15, 0.2) is 0 Å². The average Bonchev–Trinajstić information content (AvgIpc) is 2.44. The maximum absolute atomic E-state index is 11.9. The van der Waals surface area contributed by atoms with Crippen LogP contribution < -0.4 is 11.1 Å². The van der Waals surface area contributed by atoms with Crippen LogP contribution in [0.1, 0.15) is 44.2 Å². The van der Waals surface area contributed by atoms with E-state index in [4.69, 9.17) is 5.73 Å². The molecule has 1 amide bonds. The van der Waals surface area contributed by atoms with Crippen LogP contribution in [-0.4, -0.2) is 18.5 Å². The SMILES string of the molecule is CCCCC(CN)NC(=O)Cc1ccc(CC)cc1. The number of nitrogens with one attached hydrogen (secondary N) is 1. The fraction of sp³-hybridized carbons (Fsp3) is 0.562. The molecule has 1 atom stereocenters. The van der Waals surface area contributed by atoms with Crippen LogP contribution in [0.5, 0.6) is 0 Å². The summed E-state index contributed by atoms with van der Waals surface area (Å²) in [5, 5.41) is 3.01. The quantitative estimate of drug-likeness (QED) is 0.756. The Morgan fingerprint density at radius 1 is 1.21 bits per heavy atom. The Hall–Kier alpha value is -1.35. The van der Waals surface area contributed by atoms with Crippen LogP contribution in [0.15, 0.2) is 24.3 Å². The van der Waals surface area contributed by atoms with Crippen molar-refractivity contribution in [2.24, 2.45) is 5.73 Å². The zero-order chi connectivity index (χ0) is 14.1. The fourth-order valence-electron chi connectivity index (χ4n) is 2.06. The first-order valence-corrected chi connectivity index (χ1v) is 7.26. The summed E-state index contributed by atoms with van der Waals surface area (Å²) in [5.41, 5.74) is 8.03. The number of carbonyl (C=O) groups excluding carboxylic acids is 1. The third kappa shape index (κ3) is 5.88. The Morgan fingerprint density at radius 3 is 2.37 bits per heavy atom. The summed E-state index contributed by atoms with van der Waals surface area (Å²) < 4.78 is 0. The fourth-order valence-corrected chi connectivity index (χ4v) is 2.06. The van der Waals surface area contributed by atoms with E-state index in [1.807, 2.05) is 12.1 Å². The summed E-state index contributed by atoms with van der Waals surface area (Å²) in [5.74, 6) is 0.0656. The highest BCUT2D eigenvalue weighted by Crippen LogP contribution is 2.06. The number of benzene rings is 1. The van der Waals surface area contributed by atoms with Crippen LogP contribution in [0.25, 0.3) is 0 Å². The van der Waals surface area contributed by atoms with E-state index >= 15 is 0 Å². The van der Waals surface area contributed by atoms with Crippen molar-refractivity contribution in [1.82, 2.24) is 5.32 Å². The Bertz CT molecular complexity index is 373. The lowest BCUT2D eigenvalue weighted by atomic mass is 10.1. The maximum atomic E-state index is 11.9. The van der Waals surface area contributed by atoms with Gasteiger partial charge in [-0.25, -0.2) is 0 Å². The van der Waals surface area contributed by atoms with Crippen molar-refractivity contribution in [1.29, 1.82) is 0 Å². The highest BCUT2D eigenvalue weighted by Gasteiger charge is 2.10. The van der Waals surface area contributed by atoms with Crippen molar-refractivity contribution in [3.05, 3.63) is 35.4 Å². The first-order valence-electron chi connectivity index (χ1n) is 7.26. The van der Waals surface area contributed by atoms with E-state index in [2.05, 4.69) is 31.3 Å². The van der Waals surface area contributed by atoms with Crippen molar-refractivity contribution in [3.63, 3.8) is 0 Å². The summed E-state index contributed by atoms with van der Waals surface area (Å²) in [6.45, 7) is 4.78. The maximum Gasteiger partial charge on any atom is 0.224 e. The third-order valence-corrected chi connectivity index (χ3v) is 3.35. The third-order valence-electron chi connectivity index (χ3n) is 3.35. The van der Waals surface area contributed by atoms with Gasteiger partial charge in [-0.1, -0.05) is 51.0 Å². The van der Waals surface area contributed by atoms with Gasteiger partial charge in [-0.15, -0.1) is 0 Å². The molecule has 1 aromatic rings. The zero-order valence-corrected chi connectivity index (χ0v) is 12.1. The lowest BCUT2D eigenvalue weighted by molar-refractivity contribution is -0.121. The van der Waals surface area contributed by atoms with Crippen molar-refractivity contribution in [2.75, 3.05) is 6.54 Å². The van der Waals surface area contributed by atoms with E-state index in [9.17, 15) is 4.79 Å². The first-order chi connectivity index (χ1) is 9.19. The van der Waals surface area contributed by atoms with E-state index in [-0.39, 0.29) is 11.9 Å². The van der Waals surface area contributed by atoms with Crippen LogP contribution in [0.3, 0.4) is 0 Å². The number of aryl methyl sites for hydroxylation is 1. The van der Waals surface area contributed by atoms with E-state index in [1.165, 1.54) is 5.56 Å². The van der Waals surface area contributed by atoms with Crippen LogP contribution in [0, 0.1) is 0 Å². The predicted octanol–water partition coefficient (Wildman–Crippen LogP) is 2.43. The lowest BCUT2D eigenvalue weighted by Gasteiger charge is -2.16. The molecule has 0 saturated heterocycles. The molecule has 0 bridgehead atoms. The molecule has 3 heteroatoms. The molecule has 1 aromatic carbocycles. The minimum absolute atomic E-state index is 0.0656. The minimum atomic E-state index is 0.0656. The van der Waals surface area contributed by atoms with Gasteiger partial charge in [0.1, 0.15) is 0 Å². The highest BCUT2D eigenvalue weighted by atomic mass is 16.1. The van der Waals surface area contributed by atoms with Gasteiger partial charge in [0.2, 0.25) is 5.91 Å². The van der Waals surface area contributed by atoms with Crippen molar-refractivity contribution < 1.29 is 4.79 Å². The molecule has 3 N–H and O–H groups in total. The number of rotatable bonds is 8. The molecule has 0 spiro atoms. The van der Waals surface area contributed by atoms with Gasteiger partial charge < -0.3 is 11.1 Å². The molecule has 106 valence electrons. The smallest absolute Gasteiger partial charge is 0.224 e. The highest BCUT2D eigenvalue weighted by molar-refractivity contribution is 5.78. The molecule has 3 nitrogen and oxygen atoms in total. The number of nitrogens with two attached hydrogens (primary N) is 1. The van der Waals surface area contributed by atoms with Crippen LogP contribution in [0.4, 0.5) is 0 Å². The molecule has 0 saturated carbocycles. The second kappa shape index (κ2) is 8.70. The summed E-state index contributed by atoms with van der Waals surface area (Å²) in [7, 11) is 0. The molecular formula is C16H26N2O. The predicted molar refractivity (Wildman–Crippen MR) is 80.0 cm³/mol. The second-order valence-corrected chi connectivity index (χ2v) is 4.99. The first kappa shape index (κ1) is 15.7. The summed E-state index contributed by atoms with van der Waals surface area (Å²) in [6, 6.07) is 8.34. The average molecular weight is 262 g/mol. The molecule has 0 heterocycles. The molecule has 0 aromatic heterocycles. The number of hydrogen-bond donors (Lipinski definition) is 2. The molecular weight excluding hydrogens is 236 g/mol. The van der Waals surface area contributed by atoms with Gasteiger partial charge in [0.25, 0.3) is 0 Å². The summed E-state index contributed by atoms with van der Waals surface area (Å²) >= 11 is 0. The monoisotopic (exact) mass is 262 g/mol. The summed E-state index contributed by atoms with van der Waals surface area (Å²) in [4.78, 5) is 11.9. The van der Waals surface area contributed by atoms with E-state index in [0.29, 0.717) is 13.0 Å². The van der Waals surface area contributed by atoms with E-state index in [0.717, 1.165) is 31.2 Å². The molecule has 19 heavy (non-hydrogen) atoms. The number of amides is 1. The van der Waals surface area contributed by atoms with Crippen LogP contribution in [0.2, 0.25) is 0 Å². The zero-order valence-electron chi connectivity index (χ0n) is 12.1. The van der Waals surface area contributed by atoms with Gasteiger partial charge in [0.05, 0.1) is 6.42 Å². The Morgan fingerprint density at radius 2 is 1.84 bits per heavy atom. The minimum Gasteiger partial charge on any atom is -0.352 e. The van der Waals surface area contributed by atoms with Gasteiger partial charge in [0, 0.05) is 12.6 Å².